The van der Waals surface area contributed by atoms with Crippen LogP contribution in [-0.4, -0.2) is 21.5 Å². The third kappa shape index (κ3) is 3.88. The van der Waals surface area contributed by atoms with Crippen LogP contribution in [0.15, 0.2) is 84.9 Å². The van der Waals surface area contributed by atoms with Gasteiger partial charge < -0.3 is 5.32 Å². The Bertz CT molecular complexity index is 1200. The molecule has 3 aromatic carbocycles. The number of amides is 1. The number of anilines is 1. The molecule has 6 heteroatoms. The van der Waals surface area contributed by atoms with E-state index in [1.165, 1.54) is 0 Å². The van der Waals surface area contributed by atoms with Crippen molar-refractivity contribution in [2.24, 2.45) is 0 Å². The molecule has 0 aliphatic rings. The SMILES string of the molecule is Cc1c(C(=O)Nc2ccccc2)c(C(=O)c2ccccc2)nn1-c1ccc(Cl)cc1. The predicted molar refractivity (Wildman–Crippen MR) is 118 cm³/mol. The minimum absolute atomic E-state index is 0.0991. The van der Waals surface area contributed by atoms with E-state index in [2.05, 4.69) is 10.4 Å². The van der Waals surface area contributed by atoms with Crippen molar-refractivity contribution in [3.8, 4) is 5.69 Å². The van der Waals surface area contributed by atoms with Gasteiger partial charge in [0, 0.05) is 16.3 Å². The van der Waals surface area contributed by atoms with Crippen LogP contribution >= 0.6 is 11.6 Å². The van der Waals surface area contributed by atoms with Gasteiger partial charge in [0.15, 0.2) is 0 Å². The second-order valence-corrected chi connectivity index (χ2v) is 7.15. The van der Waals surface area contributed by atoms with Crippen LogP contribution in [0.5, 0.6) is 0 Å². The number of benzene rings is 3. The van der Waals surface area contributed by atoms with Crippen LogP contribution in [0.3, 0.4) is 0 Å². The Kier molecular flexibility index (Phi) is 5.46. The Morgan fingerprint density at radius 2 is 1.47 bits per heavy atom. The van der Waals surface area contributed by atoms with Gasteiger partial charge in [-0.1, -0.05) is 60.1 Å². The van der Waals surface area contributed by atoms with Crippen molar-refractivity contribution in [1.82, 2.24) is 9.78 Å². The monoisotopic (exact) mass is 415 g/mol. The summed E-state index contributed by atoms with van der Waals surface area (Å²) < 4.78 is 1.59. The molecular formula is C24H18ClN3O2. The summed E-state index contributed by atoms with van der Waals surface area (Å²) in [6.07, 6.45) is 0. The second-order valence-electron chi connectivity index (χ2n) is 6.71. The number of carbonyl (C=O) groups is 2. The number of carbonyl (C=O) groups excluding carboxylic acids is 2. The number of rotatable bonds is 5. The number of ketones is 1. The molecule has 4 rings (SSSR count). The first-order chi connectivity index (χ1) is 14.5. The van der Waals surface area contributed by atoms with Gasteiger partial charge in [0.05, 0.1) is 16.9 Å². The van der Waals surface area contributed by atoms with Gasteiger partial charge in [-0.25, -0.2) is 4.68 Å². The molecule has 0 saturated carbocycles. The van der Waals surface area contributed by atoms with Crippen LogP contribution < -0.4 is 5.32 Å². The highest BCUT2D eigenvalue weighted by molar-refractivity contribution is 6.30. The van der Waals surface area contributed by atoms with Crippen LogP contribution in [0.1, 0.15) is 32.1 Å². The van der Waals surface area contributed by atoms with E-state index >= 15 is 0 Å². The fraction of sp³-hybridized carbons (Fsp3) is 0.0417. The third-order valence-corrected chi connectivity index (χ3v) is 4.95. The maximum absolute atomic E-state index is 13.2. The highest BCUT2D eigenvalue weighted by Crippen LogP contribution is 2.23. The number of hydrogen-bond donors (Lipinski definition) is 1. The lowest BCUT2D eigenvalue weighted by atomic mass is 10.0. The van der Waals surface area contributed by atoms with Crippen molar-refractivity contribution < 1.29 is 9.59 Å². The number of aromatic nitrogens is 2. The van der Waals surface area contributed by atoms with E-state index in [1.807, 2.05) is 24.3 Å². The fourth-order valence-electron chi connectivity index (χ4n) is 3.21. The van der Waals surface area contributed by atoms with Gasteiger partial charge in [0.25, 0.3) is 5.91 Å². The third-order valence-electron chi connectivity index (χ3n) is 4.70. The summed E-state index contributed by atoms with van der Waals surface area (Å²) in [6, 6.07) is 24.9. The van der Waals surface area contributed by atoms with Gasteiger partial charge in [-0.3, -0.25) is 9.59 Å². The molecule has 0 aliphatic heterocycles. The summed E-state index contributed by atoms with van der Waals surface area (Å²) in [4.78, 5) is 26.4. The molecule has 1 heterocycles. The first-order valence-corrected chi connectivity index (χ1v) is 9.74. The summed E-state index contributed by atoms with van der Waals surface area (Å²) >= 11 is 6.00. The molecule has 0 spiro atoms. The first kappa shape index (κ1) is 19.6. The Morgan fingerprint density at radius 3 is 2.10 bits per heavy atom. The maximum atomic E-state index is 13.2. The van der Waals surface area contributed by atoms with Crippen molar-refractivity contribution in [3.63, 3.8) is 0 Å². The molecule has 1 amide bonds. The summed E-state index contributed by atoms with van der Waals surface area (Å²) in [5, 5.41) is 7.96. The lowest BCUT2D eigenvalue weighted by molar-refractivity contribution is 0.0994. The lowest BCUT2D eigenvalue weighted by Gasteiger charge is -2.07. The quantitative estimate of drug-likeness (QED) is 0.449. The molecule has 0 radical (unpaired) electrons. The predicted octanol–water partition coefficient (Wildman–Crippen LogP) is 5.32. The van der Waals surface area contributed by atoms with E-state index in [0.717, 1.165) is 0 Å². The summed E-state index contributed by atoms with van der Waals surface area (Å²) in [6.45, 7) is 1.77. The zero-order chi connectivity index (χ0) is 21.1. The zero-order valence-corrected chi connectivity index (χ0v) is 16.9. The Labute approximate surface area is 178 Å². The number of halogens is 1. The fourth-order valence-corrected chi connectivity index (χ4v) is 3.33. The molecule has 0 unspecified atom stereocenters. The molecule has 0 fully saturated rings. The summed E-state index contributed by atoms with van der Waals surface area (Å²) in [5.74, 6) is -0.706. The van der Waals surface area contributed by atoms with Crippen LogP contribution in [0, 0.1) is 6.92 Å². The first-order valence-electron chi connectivity index (χ1n) is 9.36. The van der Waals surface area contributed by atoms with Gasteiger partial charge in [-0.15, -0.1) is 0 Å². The number of nitrogens with zero attached hydrogens (tertiary/aromatic N) is 2. The van der Waals surface area contributed by atoms with E-state index in [9.17, 15) is 9.59 Å². The van der Waals surface area contributed by atoms with Crippen LogP contribution in [0.4, 0.5) is 5.69 Å². The van der Waals surface area contributed by atoms with Gasteiger partial charge in [-0.2, -0.15) is 5.10 Å². The Hall–Kier alpha value is -3.70. The lowest BCUT2D eigenvalue weighted by Crippen LogP contribution is -2.17. The molecule has 1 N–H and O–H groups in total. The molecule has 0 bridgehead atoms. The summed E-state index contributed by atoms with van der Waals surface area (Å²) in [7, 11) is 0. The standard InChI is InChI=1S/C24H18ClN3O2/c1-16-21(24(30)26-19-10-6-3-7-11-19)22(23(29)17-8-4-2-5-9-17)27-28(16)20-14-12-18(25)13-15-20/h2-15H,1H3,(H,26,30). The molecule has 0 saturated heterocycles. The normalized spacial score (nSPS) is 10.6. The molecular weight excluding hydrogens is 398 g/mol. The molecule has 30 heavy (non-hydrogen) atoms. The van der Waals surface area contributed by atoms with Crippen molar-refractivity contribution in [3.05, 3.63) is 112 Å². The van der Waals surface area contributed by atoms with E-state index in [1.54, 1.807) is 72.3 Å². The number of nitrogens with one attached hydrogen (secondary N) is 1. The van der Waals surface area contributed by atoms with Crippen LogP contribution in [-0.2, 0) is 0 Å². The molecule has 4 aromatic rings. The van der Waals surface area contributed by atoms with Crippen LogP contribution in [0.25, 0.3) is 5.69 Å². The van der Waals surface area contributed by atoms with E-state index in [4.69, 9.17) is 11.6 Å². The molecule has 148 valence electrons. The van der Waals surface area contributed by atoms with Crippen molar-refractivity contribution in [1.29, 1.82) is 0 Å². The average molecular weight is 416 g/mol. The van der Waals surface area contributed by atoms with Crippen molar-refractivity contribution >= 4 is 29.0 Å². The van der Waals surface area contributed by atoms with Crippen molar-refractivity contribution in [2.75, 3.05) is 5.32 Å². The minimum Gasteiger partial charge on any atom is -0.322 e. The smallest absolute Gasteiger partial charge is 0.259 e. The maximum Gasteiger partial charge on any atom is 0.259 e. The topological polar surface area (TPSA) is 64.0 Å². The summed E-state index contributed by atoms with van der Waals surface area (Å²) in [5.41, 5.74) is 2.71. The molecule has 0 atom stereocenters. The zero-order valence-electron chi connectivity index (χ0n) is 16.2. The molecule has 5 nitrogen and oxygen atoms in total. The van der Waals surface area contributed by atoms with Crippen LogP contribution in [0.2, 0.25) is 5.02 Å². The van der Waals surface area contributed by atoms with Gasteiger partial charge in [0.2, 0.25) is 5.78 Å². The van der Waals surface area contributed by atoms with Crippen molar-refractivity contribution in [2.45, 2.75) is 6.92 Å². The van der Waals surface area contributed by atoms with Gasteiger partial charge in [0.1, 0.15) is 5.69 Å². The Morgan fingerprint density at radius 1 is 0.867 bits per heavy atom. The van der Waals surface area contributed by atoms with E-state index < -0.39 is 5.91 Å². The average Bonchev–Trinajstić information content (AvgIpc) is 3.12. The second kappa shape index (κ2) is 8.35. The molecule has 0 aliphatic carbocycles. The van der Waals surface area contributed by atoms with Gasteiger partial charge >= 0.3 is 0 Å². The number of hydrogen-bond acceptors (Lipinski definition) is 3. The molecule has 1 aromatic heterocycles. The van der Waals surface area contributed by atoms with Gasteiger partial charge in [-0.05, 0) is 43.3 Å². The largest absolute Gasteiger partial charge is 0.322 e. The van der Waals surface area contributed by atoms with E-state index in [-0.39, 0.29) is 17.0 Å². The Balaban J connectivity index is 1.82. The highest BCUT2D eigenvalue weighted by atomic mass is 35.5. The minimum atomic E-state index is -0.391. The number of para-hydroxylation sites is 1. The highest BCUT2D eigenvalue weighted by Gasteiger charge is 2.27. The van der Waals surface area contributed by atoms with E-state index in [0.29, 0.717) is 27.7 Å².